The summed E-state index contributed by atoms with van der Waals surface area (Å²) >= 11 is 0. The second-order valence-corrected chi connectivity index (χ2v) is 7.73. The molecule has 2 saturated heterocycles. The fraction of sp³-hybridized carbons (Fsp3) is 0.700. The molecule has 1 amide bonds. The minimum absolute atomic E-state index is 0.264. The number of aromatic nitrogens is 1. The summed E-state index contributed by atoms with van der Waals surface area (Å²) in [5.41, 5.74) is 1.29. The predicted octanol–water partition coefficient (Wildman–Crippen LogP) is 2.63. The molecule has 5 nitrogen and oxygen atoms in total. The molecule has 0 spiro atoms. The van der Waals surface area contributed by atoms with E-state index in [1.807, 2.05) is 12.4 Å². The van der Waals surface area contributed by atoms with Crippen molar-refractivity contribution in [1.29, 1.82) is 0 Å². The van der Waals surface area contributed by atoms with Gasteiger partial charge in [0, 0.05) is 51.1 Å². The lowest BCUT2D eigenvalue weighted by Gasteiger charge is -2.53. The van der Waals surface area contributed by atoms with Crippen molar-refractivity contribution in [2.24, 2.45) is 5.92 Å². The quantitative estimate of drug-likeness (QED) is 0.843. The van der Waals surface area contributed by atoms with E-state index in [0.717, 1.165) is 45.3 Å². The van der Waals surface area contributed by atoms with Crippen LogP contribution in [-0.2, 0) is 9.53 Å². The van der Waals surface area contributed by atoms with Gasteiger partial charge in [0.15, 0.2) is 0 Å². The summed E-state index contributed by atoms with van der Waals surface area (Å²) in [6.45, 7) is 2.82. The third kappa shape index (κ3) is 3.32. The summed E-state index contributed by atoms with van der Waals surface area (Å²) in [6, 6.07) is 5.08. The molecule has 5 heteroatoms. The number of nitrogens with zero attached hydrogens (tertiary/aromatic N) is 3. The third-order valence-electron chi connectivity index (χ3n) is 6.40. The number of pyridine rings is 1. The van der Waals surface area contributed by atoms with Crippen LogP contribution < -0.4 is 0 Å². The molecule has 3 heterocycles. The summed E-state index contributed by atoms with van der Waals surface area (Å²) in [5, 5.41) is 0. The van der Waals surface area contributed by atoms with Crippen LogP contribution in [0.25, 0.3) is 0 Å². The molecule has 0 N–H and O–H groups in total. The van der Waals surface area contributed by atoms with Crippen LogP contribution >= 0.6 is 0 Å². The van der Waals surface area contributed by atoms with E-state index in [0.29, 0.717) is 23.9 Å². The highest BCUT2D eigenvalue weighted by Gasteiger charge is 2.44. The van der Waals surface area contributed by atoms with Gasteiger partial charge in [-0.25, -0.2) is 0 Å². The summed E-state index contributed by atoms with van der Waals surface area (Å²) < 4.78 is 5.67. The van der Waals surface area contributed by atoms with Crippen LogP contribution in [0.4, 0.5) is 0 Å². The van der Waals surface area contributed by atoms with Gasteiger partial charge in [-0.3, -0.25) is 14.7 Å². The maximum absolute atomic E-state index is 12.6. The first-order valence-corrected chi connectivity index (χ1v) is 9.75. The van der Waals surface area contributed by atoms with Crippen molar-refractivity contribution in [3.8, 4) is 0 Å². The normalized spacial score (nSPS) is 28.9. The van der Waals surface area contributed by atoms with Crippen molar-refractivity contribution in [3.63, 3.8) is 0 Å². The molecular weight excluding hydrogens is 314 g/mol. The Labute approximate surface area is 150 Å². The van der Waals surface area contributed by atoms with Gasteiger partial charge in [0.25, 0.3) is 0 Å². The number of likely N-dealkylation sites (tertiary alicyclic amines) is 2. The Bertz CT molecular complexity index is 580. The number of hydrogen-bond acceptors (Lipinski definition) is 4. The molecule has 25 heavy (non-hydrogen) atoms. The zero-order valence-corrected chi connectivity index (χ0v) is 15.1. The summed E-state index contributed by atoms with van der Waals surface area (Å²) in [6.07, 6.45) is 10.8. The van der Waals surface area contributed by atoms with E-state index >= 15 is 0 Å². The highest BCUT2D eigenvalue weighted by Crippen LogP contribution is 2.39. The van der Waals surface area contributed by atoms with Gasteiger partial charge < -0.3 is 9.64 Å². The Hall–Kier alpha value is -1.46. The van der Waals surface area contributed by atoms with Crippen molar-refractivity contribution in [1.82, 2.24) is 14.8 Å². The Kier molecular flexibility index (Phi) is 5.04. The monoisotopic (exact) mass is 343 g/mol. The standard InChI is InChI=1S/C20H29N3O2/c1-25-18-14-23(19(18)15-6-10-21-11-7-15)17-8-12-22(13-9-17)20(24)16-4-2-3-5-16/h6-7,10-11,16-19H,2-5,8-9,12-14H2,1H3. The topological polar surface area (TPSA) is 45.7 Å². The average molecular weight is 343 g/mol. The molecule has 1 aromatic rings. The number of hydrogen-bond donors (Lipinski definition) is 0. The van der Waals surface area contributed by atoms with Crippen molar-refractivity contribution >= 4 is 5.91 Å². The maximum atomic E-state index is 12.6. The predicted molar refractivity (Wildman–Crippen MR) is 96.0 cm³/mol. The van der Waals surface area contributed by atoms with E-state index in [1.165, 1.54) is 18.4 Å². The Balaban J connectivity index is 1.36. The molecule has 0 bridgehead atoms. The van der Waals surface area contributed by atoms with E-state index in [9.17, 15) is 4.79 Å². The zero-order valence-electron chi connectivity index (χ0n) is 15.1. The van der Waals surface area contributed by atoms with Crippen LogP contribution in [0.5, 0.6) is 0 Å². The molecule has 3 fully saturated rings. The van der Waals surface area contributed by atoms with Crippen LogP contribution in [0.1, 0.15) is 50.1 Å². The first-order valence-electron chi connectivity index (χ1n) is 9.75. The first kappa shape index (κ1) is 17.0. The molecule has 1 aromatic heterocycles. The van der Waals surface area contributed by atoms with Crippen molar-refractivity contribution in [2.75, 3.05) is 26.7 Å². The number of carbonyl (C=O) groups is 1. The number of piperidine rings is 1. The minimum atomic E-state index is 0.264. The molecule has 3 aliphatic rings. The lowest BCUT2D eigenvalue weighted by atomic mass is 9.87. The molecule has 2 unspecified atom stereocenters. The Morgan fingerprint density at radius 1 is 1.12 bits per heavy atom. The molecule has 0 aromatic carbocycles. The average Bonchev–Trinajstić information content (AvgIpc) is 3.17. The van der Waals surface area contributed by atoms with Crippen molar-refractivity contribution < 1.29 is 9.53 Å². The lowest BCUT2D eigenvalue weighted by Crippen LogP contribution is -2.60. The Morgan fingerprint density at radius 3 is 2.44 bits per heavy atom. The van der Waals surface area contributed by atoms with Gasteiger partial charge in [-0.05, 0) is 43.4 Å². The SMILES string of the molecule is COC1CN(C2CCN(C(=O)C3CCCC3)CC2)C1c1ccncc1. The molecule has 2 atom stereocenters. The number of amides is 1. The van der Waals surface area contributed by atoms with Crippen LogP contribution in [0.3, 0.4) is 0 Å². The first-order chi connectivity index (χ1) is 12.3. The maximum Gasteiger partial charge on any atom is 0.225 e. The summed E-state index contributed by atoms with van der Waals surface area (Å²) in [7, 11) is 1.80. The van der Waals surface area contributed by atoms with E-state index < -0.39 is 0 Å². The highest BCUT2D eigenvalue weighted by atomic mass is 16.5. The molecule has 1 aliphatic carbocycles. The van der Waals surface area contributed by atoms with Gasteiger partial charge >= 0.3 is 0 Å². The second-order valence-electron chi connectivity index (χ2n) is 7.73. The molecule has 136 valence electrons. The lowest BCUT2D eigenvalue weighted by molar-refractivity contribution is -0.141. The van der Waals surface area contributed by atoms with Gasteiger partial charge in [-0.1, -0.05) is 12.8 Å². The second kappa shape index (κ2) is 7.42. The van der Waals surface area contributed by atoms with Crippen molar-refractivity contribution in [2.45, 2.75) is 56.7 Å². The smallest absolute Gasteiger partial charge is 0.225 e. The fourth-order valence-electron chi connectivity index (χ4n) is 4.89. The van der Waals surface area contributed by atoms with E-state index in [2.05, 4.69) is 26.9 Å². The van der Waals surface area contributed by atoms with Gasteiger partial charge in [0.1, 0.15) is 0 Å². The minimum Gasteiger partial charge on any atom is -0.378 e. The largest absolute Gasteiger partial charge is 0.378 e. The number of rotatable bonds is 4. The van der Waals surface area contributed by atoms with E-state index in [-0.39, 0.29) is 6.10 Å². The van der Waals surface area contributed by atoms with Gasteiger partial charge in [-0.15, -0.1) is 0 Å². The molecule has 2 aliphatic heterocycles. The molecule has 4 rings (SSSR count). The van der Waals surface area contributed by atoms with Crippen LogP contribution in [-0.4, -0.2) is 59.6 Å². The molecule has 0 radical (unpaired) electrons. The van der Waals surface area contributed by atoms with E-state index in [4.69, 9.17) is 4.74 Å². The number of carbonyl (C=O) groups excluding carboxylic acids is 1. The molecular formula is C20H29N3O2. The van der Waals surface area contributed by atoms with Gasteiger partial charge in [-0.2, -0.15) is 0 Å². The van der Waals surface area contributed by atoms with E-state index in [1.54, 1.807) is 7.11 Å². The van der Waals surface area contributed by atoms with Crippen molar-refractivity contribution in [3.05, 3.63) is 30.1 Å². The summed E-state index contributed by atoms with van der Waals surface area (Å²) in [4.78, 5) is 21.5. The van der Waals surface area contributed by atoms with Crippen LogP contribution in [0.2, 0.25) is 0 Å². The zero-order chi connectivity index (χ0) is 17.2. The summed E-state index contributed by atoms with van der Waals surface area (Å²) in [5.74, 6) is 0.725. The highest BCUT2D eigenvalue weighted by molar-refractivity contribution is 5.79. The Morgan fingerprint density at radius 2 is 1.80 bits per heavy atom. The van der Waals surface area contributed by atoms with Gasteiger partial charge in [0.2, 0.25) is 5.91 Å². The number of ether oxygens (including phenoxy) is 1. The van der Waals surface area contributed by atoms with Crippen LogP contribution in [0, 0.1) is 5.92 Å². The van der Waals surface area contributed by atoms with Crippen LogP contribution in [0.15, 0.2) is 24.5 Å². The van der Waals surface area contributed by atoms with Gasteiger partial charge in [0.05, 0.1) is 12.1 Å². The number of methoxy groups -OCH3 is 1. The third-order valence-corrected chi connectivity index (χ3v) is 6.40. The fourth-order valence-corrected chi connectivity index (χ4v) is 4.89. The molecule has 1 saturated carbocycles.